The number of methoxy groups -OCH3 is 1. The van der Waals surface area contributed by atoms with Crippen LogP contribution >= 0.6 is 23.2 Å². The van der Waals surface area contributed by atoms with E-state index in [9.17, 15) is 41.1 Å². The highest BCUT2D eigenvalue weighted by molar-refractivity contribution is 6.42. The predicted octanol–water partition coefficient (Wildman–Crippen LogP) is 4.69. The first-order chi connectivity index (χ1) is 19.9. The summed E-state index contributed by atoms with van der Waals surface area (Å²) in [6.07, 6.45) is -5.01. The number of nitrogens with one attached hydrogen (secondary N) is 3. The van der Waals surface area contributed by atoms with Crippen LogP contribution in [-0.2, 0) is 32.0 Å². The molecule has 0 aliphatic heterocycles. The number of hydrogen-bond acceptors (Lipinski definition) is 5. The monoisotopic (exact) mass is 653 g/mol. The van der Waals surface area contributed by atoms with Crippen LogP contribution in [0.3, 0.4) is 0 Å². The summed E-state index contributed by atoms with van der Waals surface area (Å²) in [7, 11) is 1.45. The number of amides is 3. The standard InChI is InChI=1S/C28H30Cl2F5N3O5/c1-15(2)23(24(40)28(34,35)26(42)36-14-27(31,32)33)38-25(41)21(13-17-4-8-18(43-3)9-5-17)37-22(39)11-7-16-6-10-19(29)20(30)12-16/h4-6,8-10,12,15,21,23H,7,11,13-14H2,1-3H3,(H,36,42)(H,37,39)(H,38,41)/t21-,23-/m0/s1. The summed E-state index contributed by atoms with van der Waals surface area (Å²) in [5.74, 6) is -11.6. The van der Waals surface area contributed by atoms with E-state index in [2.05, 4.69) is 10.6 Å². The molecule has 0 aliphatic rings. The van der Waals surface area contributed by atoms with Crippen molar-refractivity contribution in [2.45, 2.75) is 57.3 Å². The van der Waals surface area contributed by atoms with E-state index in [1.807, 2.05) is 0 Å². The summed E-state index contributed by atoms with van der Waals surface area (Å²) < 4.78 is 71.5. The van der Waals surface area contributed by atoms with Crippen molar-refractivity contribution >= 4 is 46.7 Å². The van der Waals surface area contributed by atoms with Gasteiger partial charge in [0.2, 0.25) is 17.6 Å². The molecule has 0 spiro atoms. The zero-order valence-electron chi connectivity index (χ0n) is 23.3. The molecule has 2 rings (SSSR count). The van der Waals surface area contributed by atoms with E-state index in [1.165, 1.54) is 21.0 Å². The molecule has 0 saturated heterocycles. The number of benzene rings is 2. The highest BCUT2D eigenvalue weighted by atomic mass is 35.5. The van der Waals surface area contributed by atoms with Crippen LogP contribution in [0, 0.1) is 5.92 Å². The Hall–Kier alpha value is -3.45. The number of carbonyl (C=O) groups excluding carboxylic acids is 4. The van der Waals surface area contributed by atoms with Gasteiger partial charge in [-0.3, -0.25) is 19.2 Å². The third kappa shape index (κ3) is 11.0. The predicted molar refractivity (Wildman–Crippen MR) is 149 cm³/mol. The summed E-state index contributed by atoms with van der Waals surface area (Å²) in [5, 5.41) is 6.26. The highest BCUT2D eigenvalue weighted by Crippen LogP contribution is 2.24. The van der Waals surface area contributed by atoms with Crippen LogP contribution in [-0.4, -0.2) is 61.3 Å². The number of rotatable bonds is 14. The number of aryl methyl sites for hydroxylation is 1. The Morgan fingerprint density at radius 3 is 2.02 bits per heavy atom. The van der Waals surface area contributed by atoms with Crippen LogP contribution < -0.4 is 20.7 Å². The second kappa shape index (κ2) is 15.3. The third-order valence-electron chi connectivity index (χ3n) is 6.17. The van der Waals surface area contributed by atoms with Gasteiger partial charge >= 0.3 is 12.1 Å². The van der Waals surface area contributed by atoms with E-state index in [1.54, 1.807) is 42.5 Å². The van der Waals surface area contributed by atoms with Crippen LogP contribution in [0.1, 0.15) is 31.4 Å². The first-order valence-electron chi connectivity index (χ1n) is 12.9. The molecule has 2 aromatic rings. The molecule has 0 aliphatic carbocycles. The summed E-state index contributed by atoms with van der Waals surface area (Å²) in [6.45, 7) is 0.507. The fourth-order valence-corrected chi connectivity index (χ4v) is 4.13. The Kier molecular flexibility index (Phi) is 12.7. The lowest BCUT2D eigenvalue weighted by Gasteiger charge is -2.27. The second-order valence-electron chi connectivity index (χ2n) is 9.89. The lowest BCUT2D eigenvalue weighted by atomic mass is 9.94. The van der Waals surface area contributed by atoms with Gasteiger partial charge in [-0.25, -0.2) is 0 Å². The summed E-state index contributed by atoms with van der Waals surface area (Å²) >= 11 is 11.9. The zero-order valence-corrected chi connectivity index (χ0v) is 24.8. The quantitative estimate of drug-likeness (QED) is 0.202. The largest absolute Gasteiger partial charge is 0.497 e. The molecule has 8 nitrogen and oxygen atoms in total. The topological polar surface area (TPSA) is 114 Å². The maximum absolute atomic E-state index is 14.6. The van der Waals surface area contributed by atoms with E-state index < -0.39 is 60.1 Å². The molecule has 236 valence electrons. The smallest absolute Gasteiger partial charge is 0.405 e. The molecule has 0 unspecified atom stereocenters. The molecule has 0 aromatic heterocycles. The summed E-state index contributed by atoms with van der Waals surface area (Å²) in [4.78, 5) is 50.6. The molecule has 15 heteroatoms. The van der Waals surface area contributed by atoms with Crippen molar-refractivity contribution in [3.63, 3.8) is 0 Å². The Balaban J connectivity index is 2.24. The van der Waals surface area contributed by atoms with Crippen molar-refractivity contribution in [1.29, 1.82) is 0 Å². The minimum atomic E-state index is -4.99. The number of alkyl halides is 5. The number of Topliss-reactive ketones (excluding diaryl/α,β-unsaturated/α-hetero) is 1. The third-order valence-corrected chi connectivity index (χ3v) is 6.91. The molecule has 0 heterocycles. The molecule has 2 aromatic carbocycles. The van der Waals surface area contributed by atoms with Crippen molar-refractivity contribution in [2.24, 2.45) is 5.92 Å². The molecule has 0 radical (unpaired) electrons. The summed E-state index contributed by atoms with van der Waals surface area (Å²) in [6, 6.07) is 7.83. The van der Waals surface area contributed by atoms with Crippen LogP contribution in [0.5, 0.6) is 5.75 Å². The van der Waals surface area contributed by atoms with Gasteiger partial charge in [0.15, 0.2) is 0 Å². The average molecular weight is 654 g/mol. The molecular weight excluding hydrogens is 624 g/mol. The number of carbonyl (C=O) groups is 4. The maximum atomic E-state index is 14.6. The first kappa shape index (κ1) is 35.7. The second-order valence-corrected chi connectivity index (χ2v) is 10.7. The van der Waals surface area contributed by atoms with Crippen LogP contribution in [0.15, 0.2) is 42.5 Å². The minimum Gasteiger partial charge on any atom is -0.497 e. The van der Waals surface area contributed by atoms with E-state index in [-0.39, 0.29) is 24.3 Å². The molecule has 0 fully saturated rings. The Morgan fingerprint density at radius 1 is 0.884 bits per heavy atom. The lowest BCUT2D eigenvalue weighted by molar-refractivity contribution is -0.165. The number of hydrogen-bond donors (Lipinski definition) is 3. The van der Waals surface area contributed by atoms with E-state index in [4.69, 9.17) is 27.9 Å². The average Bonchev–Trinajstić information content (AvgIpc) is 2.94. The molecule has 0 saturated carbocycles. The molecule has 43 heavy (non-hydrogen) atoms. The number of ether oxygens (including phenoxy) is 1. The minimum absolute atomic E-state index is 0.103. The summed E-state index contributed by atoms with van der Waals surface area (Å²) in [5.41, 5.74) is 1.22. The molecular formula is C28H30Cl2F5N3O5. The van der Waals surface area contributed by atoms with Crippen molar-refractivity contribution in [2.75, 3.05) is 13.7 Å². The maximum Gasteiger partial charge on any atom is 0.405 e. The molecule has 2 atom stereocenters. The van der Waals surface area contributed by atoms with Gasteiger partial charge in [-0.2, -0.15) is 22.0 Å². The SMILES string of the molecule is COc1ccc(C[C@H](NC(=O)CCc2ccc(Cl)c(Cl)c2)C(=O)N[C@H](C(=O)C(F)(F)C(=O)NCC(F)(F)F)C(C)C)cc1. The van der Waals surface area contributed by atoms with Crippen molar-refractivity contribution in [3.8, 4) is 5.75 Å². The van der Waals surface area contributed by atoms with E-state index in [0.29, 0.717) is 21.9 Å². The van der Waals surface area contributed by atoms with Gasteiger partial charge < -0.3 is 20.7 Å². The zero-order chi connectivity index (χ0) is 32.5. The highest BCUT2D eigenvalue weighted by Gasteiger charge is 2.52. The Morgan fingerprint density at radius 2 is 1.49 bits per heavy atom. The van der Waals surface area contributed by atoms with E-state index >= 15 is 0 Å². The van der Waals surface area contributed by atoms with Crippen LogP contribution in [0.25, 0.3) is 0 Å². The van der Waals surface area contributed by atoms with Crippen molar-refractivity contribution in [1.82, 2.24) is 16.0 Å². The van der Waals surface area contributed by atoms with Gasteiger partial charge in [0, 0.05) is 12.8 Å². The van der Waals surface area contributed by atoms with E-state index in [0.717, 1.165) is 5.32 Å². The fourth-order valence-electron chi connectivity index (χ4n) is 3.81. The lowest BCUT2D eigenvalue weighted by Crippen LogP contribution is -2.59. The molecule has 0 bridgehead atoms. The normalized spacial score (nSPS) is 13.2. The van der Waals surface area contributed by atoms with Gasteiger partial charge in [0.25, 0.3) is 5.91 Å². The van der Waals surface area contributed by atoms with Gasteiger partial charge in [-0.05, 0) is 47.7 Å². The van der Waals surface area contributed by atoms with Gasteiger partial charge in [-0.15, -0.1) is 0 Å². The molecule has 3 amide bonds. The Labute approximate surface area is 254 Å². The van der Waals surface area contributed by atoms with Gasteiger partial charge in [0.05, 0.1) is 23.2 Å². The van der Waals surface area contributed by atoms with Crippen molar-refractivity contribution < 1.29 is 45.9 Å². The fraction of sp³-hybridized carbons (Fsp3) is 0.429. The first-order valence-corrected chi connectivity index (χ1v) is 13.6. The van der Waals surface area contributed by atoms with Crippen molar-refractivity contribution in [3.05, 3.63) is 63.6 Å². The Bertz CT molecular complexity index is 1310. The van der Waals surface area contributed by atoms with Gasteiger partial charge in [0.1, 0.15) is 18.3 Å². The number of halogens is 7. The molecule has 3 N–H and O–H groups in total. The van der Waals surface area contributed by atoms with Crippen LogP contribution in [0.4, 0.5) is 22.0 Å². The van der Waals surface area contributed by atoms with Crippen LogP contribution in [0.2, 0.25) is 10.0 Å². The van der Waals surface area contributed by atoms with Gasteiger partial charge in [-0.1, -0.05) is 55.2 Å². The number of ketones is 1.